The Morgan fingerprint density at radius 1 is 0.905 bits per heavy atom. The van der Waals surface area contributed by atoms with Crippen molar-refractivity contribution < 1.29 is 9.84 Å². The summed E-state index contributed by atoms with van der Waals surface area (Å²) in [5, 5.41) is 9.25. The average molecular weight is 292 g/mol. The highest BCUT2D eigenvalue weighted by Gasteiger charge is 2.04. The van der Waals surface area contributed by atoms with Crippen LogP contribution in [0.2, 0.25) is 0 Å². The number of aromatic hydroxyl groups is 1. The van der Waals surface area contributed by atoms with Gasteiger partial charge >= 0.3 is 0 Å². The molecule has 1 atom stereocenters. The highest BCUT2D eigenvalue weighted by atomic mass is 16.5. The molecule has 1 aromatic carbocycles. The van der Waals surface area contributed by atoms with E-state index in [-0.39, 0.29) is 6.10 Å². The fourth-order valence-electron chi connectivity index (χ4n) is 2.54. The number of hydrogen-bond donors (Lipinski definition) is 1. The molecular formula is C19H32O2. The molecule has 0 aliphatic carbocycles. The lowest BCUT2D eigenvalue weighted by molar-refractivity contribution is 0.0634. The van der Waals surface area contributed by atoms with Gasteiger partial charge in [-0.1, -0.05) is 64.0 Å². The van der Waals surface area contributed by atoms with Crippen molar-refractivity contribution in [3.05, 3.63) is 29.8 Å². The highest BCUT2D eigenvalue weighted by Crippen LogP contribution is 2.13. The molecular weight excluding hydrogens is 260 g/mol. The molecule has 0 saturated heterocycles. The minimum Gasteiger partial charge on any atom is -0.508 e. The first-order valence-corrected chi connectivity index (χ1v) is 8.62. The molecule has 0 heterocycles. The molecule has 0 aliphatic rings. The van der Waals surface area contributed by atoms with E-state index in [0.29, 0.717) is 5.75 Å². The van der Waals surface area contributed by atoms with Crippen LogP contribution in [0.5, 0.6) is 5.75 Å². The van der Waals surface area contributed by atoms with Crippen molar-refractivity contribution in [3.63, 3.8) is 0 Å². The fraction of sp³-hybridized carbons (Fsp3) is 0.684. The van der Waals surface area contributed by atoms with Crippen LogP contribution in [0.25, 0.3) is 0 Å². The molecule has 0 fully saturated rings. The molecule has 0 aromatic heterocycles. The second-order valence-corrected chi connectivity index (χ2v) is 6.03. The first kappa shape index (κ1) is 18.0. The van der Waals surface area contributed by atoms with Crippen LogP contribution in [-0.4, -0.2) is 17.8 Å². The van der Waals surface area contributed by atoms with E-state index >= 15 is 0 Å². The number of phenols is 1. The fourth-order valence-corrected chi connectivity index (χ4v) is 2.54. The van der Waals surface area contributed by atoms with Gasteiger partial charge in [0, 0.05) is 6.61 Å². The van der Waals surface area contributed by atoms with Gasteiger partial charge in [0.1, 0.15) is 5.75 Å². The number of rotatable bonds is 12. The van der Waals surface area contributed by atoms with E-state index in [1.807, 2.05) is 12.1 Å². The van der Waals surface area contributed by atoms with Crippen LogP contribution in [0.4, 0.5) is 0 Å². The summed E-state index contributed by atoms with van der Waals surface area (Å²) in [5.74, 6) is 0.325. The summed E-state index contributed by atoms with van der Waals surface area (Å²) in [7, 11) is 0. The number of hydrogen-bond acceptors (Lipinski definition) is 2. The first-order valence-electron chi connectivity index (χ1n) is 8.62. The molecule has 120 valence electrons. The van der Waals surface area contributed by atoms with Gasteiger partial charge in [-0.25, -0.2) is 0 Å². The SMILES string of the molecule is CCCCCCCCCCOC(C)Cc1ccc(O)cc1. The molecule has 0 aliphatic heterocycles. The molecule has 0 radical (unpaired) electrons. The Hall–Kier alpha value is -1.02. The lowest BCUT2D eigenvalue weighted by Gasteiger charge is -2.13. The van der Waals surface area contributed by atoms with Crippen LogP contribution in [0.15, 0.2) is 24.3 Å². The zero-order chi connectivity index (χ0) is 15.3. The van der Waals surface area contributed by atoms with E-state index in [1.165, 1.54) is 56.9 Å². The smallest absolute Gasteiger partial charge is 0.115 e. The van der Waals surface area contributed by atoms with E-state index in [0.717, 1.165) is 13.0 Å². The topological polar surface area (TPSA) is 29.5 Å². The maximum atomic E-state index is 9.25. The number of benzene rings is 1. The molecule has 1 N–H and O–H groups in total. The summed E-state index contributed by atoms with van der Waals surface area (Å²) in [6.45, 7) is 5.25. The Morgan fingerprint density at radius 3 is 2.10 bits per heavy atom. The van der Waals surface area contributed by atoms with E-state index in [2.05, 4.69) is 13.8 Å². The minimum atomic E-state index is 0.249. The van der Waals surface area contributed by atoms with Gasteiger partial charge in [-0.15, -0.1) is 0 Å². The summed E-state index contributed by atoms with van der Waals surface area (Å²) >= 11 is 0. The van der Waals surface area contributed by atoms with Gasteiger partial charge in [0.15, 0.2) is 0 Å². The molecule has 0 bridgehead atoms. The maximum Gasteiger partial charge on any atom is 0.115 e. The monoisotopic (exact) mass is 292 g/mol. The van der Waals surface area contributed by atoms with Crippen LogP contribution in [0.3, 0.4) is 0 Å². The largest absolute Gasteiger partial charge is 0.508 e. The van der Waals surface area contributed by atoms with Crippen molar-refractivity contribution in [2.24, 2.45) is 0 Å². The van der Waals surface area contributed by atoms with Gasteiger partial charge in [0.2, 0.25) is 0 Å². The van der Waals surface area contributed by atoms with Gasteiger partial charge in [-0.05, 0) is 37.5 Å². The second kappa shape index (κ2) is 11.6. The van der Waals surface area contributed by atoms with Crippen molar-refractivity contribution in [3.8, 4) is 5.75 Å². The quantitative estimate of drug-likeness (QED) is 0.517. The van der Waals surface area contributed by atoms with Crippen molar-refractivity contribution in [1.29, 1.82) is 0 Å². The standard InChI is InChI=1S/C19H32O2/c1-3-4-5-6-7-8-9-10-15-21-17(2)16-18-11-13-19(20)14-12-18/h11-14,17,20H,3-10,15-16H2,1-2H3. The lowest BCUT2D eigenvalue weighted by atomic mass is 10.1. The highest BCUT2D eigenvalue weighted by molar-refractivity contribution is 5.26. The van der Waals surface area contributed by atoms with Crippen molar-refractivity contribution in [2.75, 3.05) is 6.61 Å². The van der Waals surface area contributed by atoms with Gasteiger partial charge < -0.3 is 9.84 Å². The van der Waals surface area contributed by atoms with E-state index in [4.69, 9.17) is 4.74 Å². The Kier molecular flexibility index (Phi) is 9.98. The predicted octanol–water partition coefficient (Wildman–Crippen LogP) is 5.48. The molecule has 0 saturated carbocycles. The Morgan fingerprint density at radius 2 is 1.48 bits per heavy atom. The Balaban J connectivity index is 1.96. The first-order chi connectivity index (χ1) is 10.2. The molecule has 2 heteroatoms. The van der Waals surface area contributed by atoms with Crippen LogP contribution in [-0.2, 0) is 11.2 Å². The van der Waals surface area contributed by atoms with Crippen molar-refractivity contribution >= 4 is 0 Å². The third-order valence-corrected chi connectivity index (χ3v) is 3.86. The van der Waals surface area contributed by atoms with Gasteiger partial charge in [-0.2, -0.15) is 0 Å². The number of phenolic OH excluding ortho intramolecular Hbond substituents is 1. The van der Waals surface area contributed by atoms with E-state index in [9.17, 15) is 5.11 Å². The van der Waals surface area contributed by atoms with E-state index < -0.39 is 0 Å². The normalized spacial score (nSPS) is 12.5. The molecule has 21 heavy (non-hydrogen) atoms. The van der Waals surface area contributed by atoms with Crippen molar-refractivity contribution in [1.82, 2.24) is 0 Å². The van der Waals surface area contributed by atoms with Crippen LogP contribution in [0, 0.1) is 0 Å². The van der Waals surface area contributed by atoms with Gasteiger partial charge in [-0.3, -0.25) is 0 Å². The summed E-state index contributed by atoms with van der Waals surface area (Å²) in [4.78, 5) is 0. The summed E-state index contributed by atoms with van der Waals surface area (Å²) < 4.78 is 5.86. The molecule has 1 unspecified atom stereocenters. The molecule has 0 spiro atoms. The zero-order valence-electron chi connectivity index (χ0n) is 13.8. The summed E-state index contributed by atoms with van der Waals surface area (Å²) in [5.41, 5.74) is 1.22. The van der Waals surface area contributed by atoms with Crippen molar-refractivity contribution in [2.45, 2.75) is 77.7 Å². The third kappa shape index (κ3) is 9.52. The Labute approximate surface area is 130 Å². The second-order valence-electron chi connectivity index (χ2n) is 6.03. The number of ether oxygens (including phenoxy) is 1. The van der Waals surface area contributed by atoms with Gasteiger partial charge in [0.05, 0.1) is 6.10 Å². The molecule has 1 aromatic rings. The van der Waals surface area contributed by atoms with Crippen LogP contribution < -0.4 is 0 Å². The molecule has 1 rings (SSSR count). The van der Waals surface area contributed by atoms with E-state index in [1.54, 1.807) is 12.1 Å². The van der Waals surface area contributed by atoms with Crippen LogP contribution >= 0.6 is 0 Å². The predicted molar refractivity (Wildman–Crippen MR) is 89.8 cm³/mol. The summed E-state index contributed by atoms with van der Waals surface area (Å²) in [6, 6.07) is 7.40. The molecule has 2 nitrogen and oxygen atoms in total. The van der Waals surface area contributed by atoms with Crippen LogP contribution in [0.1, 0.15) is 70.8 Å². The van der Waals surface area contributed by atoms with Gasteiger partial charge in [0.25, 0.3) is 0 Å². The minimum absolute atomic E-state index is 0.249. The maximum absolute atomic E-state index is 9.25. The lowest BCUT2D eigenvalue weighted by Crippen LogP contribution is -2.12. The zero-order valence-corrected chi connectivity index (χ0v) is 13.8. The average Bonchev–Trinajstić information content (AvgIpc) is 2.48. The third-order valence-electron chi connectivity index (χ3n) is 3.86. The summed E-state index contributed by atoms with van der Waals surface area (Å²) in [6.07, 6.45) is 11.9. The Bertz CT molecular complexity index is 345. The molecule has 0 amide bonds. The number of unbranched alkanes of at least 4 members (excludes halogenated alkanes) is 7.